The fourth-order valence-electron chi connectivity index (χ4n) is 0.288. The van der Waals surface area contributed by atoms with E-state index in [9.17, 15) is 26.3 Å². The van der Waals surface area contributed by atoms with Crippen LogP contribution in [0.1, 0.15) is 0 Å². The van der Waals surface area contributed by atoms with Crippen molar-refractivity contribution in [1.82, 2.24) is 0 Å². The molecule has 0 rings (SSSR count). The smallest absolute Gasteiger partial charge is 0.234 e. The van der Waals surface area contributed by atoms with E-state index >= 15 is 0 Å². The van der Waals surface area contributed by atoms with Gasteiger partial charge in [-0.05, 0) is 0 Å². The molecular weight excluding hydrogens is 197 g/mol. The Bertz CT molecular complexity index is 124. The molecule has 0 bridgehead atoms. The van der Waals surface area contributed by atoms with Gasteiger partial charge in [-0.15, -0.1) is 0 Å². The highest BCUT2D eigenvalue weighted by atomic mass is 35.5. The molecule has 0 amide bonds. The summed E-state index contributed by atoms with van der Waals surface area (Å²) in [5.74, 6) is -4.84. The first-order valence-electron chi connectivity index (χ1n) is 2.38. The highest BCUT2D eigenvalue weighted by Gasteiger charge is 2.52. The first-order chi connectivity index (χ1) is 4.80. The molecule has 0 aliphatic rings. The summed E-state index contributed by atoms with van der Waals surface area (Å²) in [5, 5.41) is 0. The van der Waals surface area contributed by atoms with Gasteiger partial charge in [-0.3, -0.25) is 0 Å². The zero-order valence-corrected chi connectivity index (χ0v) is 5.63. The predicted octanol–water partition coefficient (Wildman–Crippen LogP) is 2.76. The molecule has 0 aliphatic heterocycles. The van der Waals surface area contributed by atoms with Crippen molar-refractivity contribution in [3.05, 3.63) is 0 Å². The van der Waals surface area contributed by atoms with E-state index in [1.54, 1.807) is 0 Å². The van der Waals surface area contributed by atoms with Crippen molar-refractivity contribution in [2.75, 3.05) is 0 Å². The largest absolute Gasteiger partial charge is 0.328 e. The maximum atomic E-state index is 11.8. The van der Waals surface area contributed by atoms with Gasteiger partial charge in [0.05, 0.1) is 0 Å². The Morgan fingerprint density at radius 1 is 1.00 bits per heavy atom. The SMILES string of the molecule is FC(F)C(F)C(F)(F)C(F)Cl. The average molecular weight is 201 g/mol. The number of alkyl halides is 7. The molecule has 0 spiro atoms. The van der Waals surface area contributed by atoms with Crippen molar-refractivity contribution in [1.29, 1.82) is 0 Å². The molecule has 11 heavy (non-hydrogen) atoms. The Hall–Kier alpha value is -0.130. The van der Waals surface area contributed by atoms with Gasteiger partial charge in [0.25, 0.3) is 6.43 Å². The summed E-state index contributed by atoms with van der Waals surface area (Å²) in [5.41, 5.74) is -3.44. The van der Waals surface area contributed by atoms with Crippen LogP contribution in [-0.4, -0.2) is 24.2 Å². The molecule has 0 saturated heterocycles. The van der Waals surface area contributed by atoms with Gasteiger partial charge in [-0.1, -0.05) is 11.6 Å². The lowest BCUT2D eigenvalue weighted by molar-refractivity contribution is -0.147. The first-order valence-corrected chi connectivity index (χ1v) is 2.82. The summed E-state index contributed by atoms with van der Waals surface area (Å²) in [4.78, 5) is 0. The highest BCUT2D eigenvalue weighted by molar-refractivity contribution is 6.20. The topological polar surface area (TPSA) is 0 Å². The van der Waals surface area contributed by atoms with E-state index in [0.29, 0.717) is 0 Å². The van der Waals surface area contributed by atoms with Gasteiger partial charge in [0.1, 0.15) is 0 Å². The lowest BCUT2D eigenvalue weighted by Crippen LogP contribution is -2.41. The maximum absolute atomic E-state index is 11.8. The van der Waals surface area contributed by atoms with Crippen molar-refractivity contribution in [3.8, 4) is 0 Å². The summed E-state index contributed by atoms with van der Waals surface area (Å²) in [6, 6.07) is 0. The molecule has 0 radical (unpaired) electrons. The second-order valence-electron chi connectivity index (χ2n) is 1.71. The van der Waals surface area contributed by atoms with E-state index in [0.717, 1.165) is 0 Å². The van der Waals surface area contributed by atoms with Gasteiger partial charge in [-0.25, -0.2) is 17.6 Å². The number of hydrogen-bond donors (Lipinski definition) is 0. The lowest BCUT2D eigenvalue weighted by atomic mass is 10.2. The molecule has 0 aromatic rings. The van der Waals surface area contributed by atoms with Crippen LogP contribution >= 0.6 is 11.6 Å². The molecule has 0 saturated carbocycles. The Morgan fingerprint density at radius 2 is 1.36 bits per heavy atom. The summed E-state index contributed by atoms with van der Waals surface area (Å²) in [7, 11) is 0. The van der Waals surface area contributed by atoms with Crippen molar-refractivity contribution >= 4 is 11.6 Å². The van der Waals surface area contributed by atoms with Crippen LogP contribution in [0.3, 0.4) is 0 Å². The van der Waals surface area contributed by atoms with Crippen molar-refractivity contribution in [3.63, 3.8) is 0 Å². The molecule has 0 fully saturated rings. The average Bonchev–Trinajstić information content (AvgIpc) is 1.85. The van der Waals surface area contributed by atoms with E-state index in [-0.39, 0.29) is 0 Å². The fraction of sp³-hybridized carbons (Fsp3) is 1.00. The molecule has 0 heterocycles. The molecular formula is C4H3ClF6. The van der Waals surface area contributed by atoms with Gasteiger partial charge in [0, 0.05) is 0 Å². The quantitative estimate of drug-likeness (QED) is 0.485. The molecule has 7 heteroatoms. The second-order valence-corrected chi connectivity index (χ2v) is 2.09. The van der Waals surface area contributed by atoms with E-state index in [4.69, 9.17) is 0 Å². The highest BCUT2D eigenvalue weighted by Crippen LogP contribution is 2.33. The normalized spacial score (nSPS) is 18.5. The minimum atomic E-state index is -4.84. The second kappa shape index (κ2) is 3.51. The van der Waals surface area contributed by atoms with E-state index in [1.807, 2.05) is 0 Å². The van der Waals surface area contributed by atoms with Crippen molar-refractivity contribution in [2.45, 2.75) is 24.2 Å². The molecule has 68 valence electrons. The summed E-state index contributed by atoms with van der Waals surface area (Å²) in [6.07, 6.45) is -7.81. The van der Waals surface area contributed by atoms with Crippen LogP contribution in [0.5, 0.6) is 0 Å². The van der Waals surface area contributed by atoms with Gasteiger partial charge in [-0.2, -0.15) is 8.78 Å². The number of rotatable bonds is 3. The monoisotopic (exact) mass is 200 g/mol. The third-order valence-corrected chi connectivity index (χ3v) is 1.17. The summed E-state index contributed by atoms with van der Waals surface area (Å²) < 4.78 is 69.3. The van der Waals surface area contributed by atoms with Crippen LogP contribution in [-0.2, 0) is 0 Å². The summed E-state index contributed by atoms with van der Waals surface area (Å²) >= 11 is 4.12. The Labute approximate surface area is 63.1 Å². The number of halogens is 7. The van der Waals surface area contributed by atoms with Gasteiger partial charge < -0.3 is 0 Å². The van der Waals surface area contributed by atoms with E-state index in [2.05, 4.69) is 11.6 Å². The molecule has 0 aromatic carbocycles. The maximum Gasteiger partial charge on any atom is 0.328 e. The Kier molecular flexibility index (Phi) is 3.47. The minimum absolute atomic E-state index is 3.44. The zero-order valence-electron chi connectivity index (χ0n) is 4.88. The van der Waals surface area contributed by atoms with Crippen LogP contribution in [0.15, 0.2) is 0 Å². The van der Waals surface area contributed by atoms with Crippen LogP contribution in [0, 0.1) is 0 Å². The Balaban J connectivity index is 4.29. The Morgan fingerprint density at radius 3 is 1.45 bits per heavy atom. The minimum Gasteiger partial charge on any atom is -0.234 e. The molecule has 2 atom stereocenters. The standard InChI is InChI=1S/C4H3ClF6/c5-3(9)4(10,11)1(6)2(7)8/h1-3H. The third-order valence-electron chi connectivity index (χ3n) is 0.880. The molecule has 0 nitrogen and oxygen atoms in total. The van der Waals surface area contributed by atoms with Crippen LogP contribution in [0.2, 0.25) is 0 Å². The van der Waals surface area contributed by atoms with Crippen LogP contribution in [0.25, 0.3) is 0 Å². The molecule has 0 aliphatic carbocycles. The lowest BCUT2D eigenvalue weighted by Gasteiger charge is -2.19. The third kappa shape index (κ3) is 2.43. The summed E-state index contributed by atoms with van der Waals surface area (Å²) in [6.45, 7) is 0. The van der Waals surface area contributed by atoms with Crippen LogP contribution < -0.4 is 0 Å². The van der Waals surface area contributed by atoms with Gasteiger partial charge in [0.2, 0.25) is 11.8 Å². The van der Waals surface area contributed by atoms with Gasteiger partial charge in [0.15, 0.2) is 0 Å². The van der Waals surface area contributed by atoms with Crippen molar-refractivity contribution < 1.29 is 26.3 Å². The van der Waals surface area contributed by atoms with E-state index in [1.165, 1.54) is 0 Å². The van der Waals surface area contributed by atoms with E-state index < -0.39 is 24.2 Å². The zero-order chi connectivity index (χ0) is 9.23. The molecule has 0 aromatic heterocycles. The van der Waals surface area contributed by atoms with Crippen molar-refractivity contribution in [2.24, 2.45) is 0 Å². The first kappa shape index (κ1) is 10.9. The molecule has 2 unspecified atom stereocenters. The number of hydrogen-bond acceptors (Lipinski definition) is 0. The predicted molar refractivity (Wildman–Crippen MR) is 26.6 cm³/mol. The van der Waals surface area contributed by atoms with Gasteiger partial charge >= 0.3 is 5.92 Å². The molecule has 0 N–H and O–H groups in total. The van der Waals surface area contributed by atoms with Crippen LogP contribution in [0.4, 0.5) is 26.3 Å². The fourth-order valence-corrected chi connectivity index (χ4v) is 0.409.